The molecular weight excluding hydrogens is 296 g/mol. The Hall–Kier alpha value is -2.77. The zero-order valence-electron chi connectivity index (χ0n) is 11.2. The van der Waals surface area contributed by atoms with E-state index in [0.29, 0.717) is 17.5 Å². The first kappa shape index (κ1) is 14.2. The molecule has 0 aliphatic carbocycles. The van der Waals surface area contributed by atoms with Gasteiger partial charge in [-0.25, -0.2) is 18.6 Å². The Kier molecular flexibility index (Phi) is 3.36. The van der Waals surface area contributed by atoms with Gasteiger partial charge in [0.05, 0.1) is 29.8 Å². The largest absolute Gasteiger partial charge is 0.480 e. The van der Waals surface area contributed by atoms with E-state index in [1.807, 2.05) is 0 Å². The van der Waals surface area contributed by atoms with Gasteiger partial charge in [0.25, 0.3) is 5.91 Å². The minimum Gasteiger partial charge on any atom is -0.480 e. The highest BCUT2D eigenvalue weighted by Crippen LogP contribution is 2.24. The number of aromatic amines is 1. The first-order valence-electron chi connectivity index (χ1n) is 6.47. The maximum atomic E-state index is 13.8. The zero-order valence-corrected chi connectivity index (χ0v) is 11.2. The standard InChI is InChI=1S/C14H11F2N3O3/c15-7-1-2-8(9(16)3-7)13(20)19-5-11-10(17-6-18-11)4-12(19)14(21)22/h1-3,6,12H,4-5H2,(H,17,18)(H,21,22). The second-order valence-corrected chi connectivity index (χ2v) is 4.94. The molecular formula is C14H11F2N3O3. The number of H-pyrrole nitrogens is 1. The second kappa shape index (κ2) is 5.21. The highest BCUT2D eigenvalue weighted by Gasteiger charge is 2.37. The van der Waals surface area contributed by atoms with Gasteiger partial charge in [-0.1, -0.05) is 0 Å². The van der Waals surface area contributed by atoms with E-state index in [4.69, 9.17) is 0 Å². The number of carboxylic acid groups (broad SMARTS) is 1. The highest BCUT2D eigenvalue weighted by molar-refractivity contribution is 5.97. The summed E-state index contributed by atoms with van der Waals surface area (Å²) in [6.45, 7) is -0.0258. The summed E-state index contributed by atoms with van der Waals surface area (Å²) in [5.74, 6) is -3.84. The van der Waals surface area contributed by atoms with E-state index in [2.05, 4.69) is 9.97 Å². The zero-order chi connectivity index (χ0) is 15.9. The van der Waals surface area contributed by atoms with Crippen LogP contribution in [0.1, 0.15) is 21.7 Å². The van der Waals surface area contributed by atoms with Crippen LogP contribution in [0.3, 0.4) is 0 Å². The Morgan fingerprint density at radius 1 is 1.36 bits per heavy atom. The van der Waals surface area contributed by atoms with Crippen LogP contribution < -0.4 is 0 Å². The number of aromatic nitrogens is 2. The third-order valence-electron chi connectivity index (χ3n) is 3.61. The van der Waals surface area contributed by atoms with Gasteiger partial charge in [0.1, 0.15) is 17.7 Å². The molecule has 0 bridgehead atoms. The fraction of sp³-hybridized carbons (Fsp3) is 0.214. The Bertz CT molecular complexity index is 760. The monoisotopic (exact) mass is 307 g/mol. The lowest BCUT2D eigenvalue weighted by molar-refractivity contribution is -0.142. The summed E-state index contributed by atoms with van der Waals surface area (Å²) in [6, 6.07) is 1.41. The van der Waals surface area contributed by atoms with Crippen molar-refractivity contribution in [2.45, 2.75) is 19.0 Å². The quantitative estimate of drug-likeness (QED) is 0.876. The van der Waals surface area contributed by atoms with Crippen LogP contribution >= 0.6 is 0 Å². The Morgan fingerprint density at radius 2 is 2.14 bits per heavy atom. The molecule has 2 aromatic rings. The van der Waals surface area contributed by atoms with Crippen LogP contribution in [0.4, 0.5) is 8.78 Å². The average Bonchev–Trinajstić information content (AvgIpc) is 2.92. The lowest BCUT2D eigenvalue weighted by atomic mass is 10.0. The first-order chi connectivity index (χ1) is 10.5. The molecule has 0 fully saturated rings. The Labute approximate surface area is 123 Å². The summed E-state index contributed by atoms with van der Waals surface area (Å²) in [5, 5.41) is 9.30. The number of halogens is 2. The number of fused-ring (bicyclic) bond motifs is 1. The first-order valence-corrected chi connectivity index (χ1v) is 6.47. The van der Waals surface area contributed by atoms with E-state index in [0.717, 1.165) is 17.0 Å². The van der Waals surface area contributed by atoms with Gasteiger partial charge in [0.15, 0.2) is 0 Å². The van der Waals surface area contributed by atoms with Crippen LogP contribution in [0, 0.1) is 11.6 Å². The van der Waals surface area contributed by atoms with Crippen molar-refractivity contribution in [3.05, 3.63) is 53.1 Å². The van der Waals surface area contributed by atoms with Crippen LogP contribution in [0.5, 0.6) is 0 Å². The molecule has 22 heavy (non-hydrogen) atoms. The molecule has 0 spiro atoms. The van der Waals surface area contributed by atoms with Gasteiger partial charge in [-0.3, -0.25) is 4.79 Å². The van der Waals surface area contributed by atoms with Crippen LogP contribution in [0.25, 0.3) is 0 Å². The molecule has 1 aromatic carbocycles. The minimum atomic E-state index is -1.20. The SMILES string of the molecule is O=C(O)C1Cc2nc[nH]c2CN1C(=O)c1ccc(F)cc1F. The van der Waals surface area contributed by atoms with Crippen molar-refractivity contribution in [2.24, 2.45) is 0 Å². The van der Waals surface area contributed by atoms with Gasteiger partial charge in [-0.2, -0.15) is 0 Å². The van der Waals surface area contributed by atoms with Crippen molar-refractivity contribution in [3.8, 4) is 0 Å². The van der Waals surface area contributed by atoms with Gasteiger partial charge in [-0.05, 0) is 12.1 Å². The molecule has 0 saturated carbocycles. The van der Waals surface area contributed by atoms with Gasteiger partial charge in [0.2, 0.25) is 0 Å². The van der Waals surface area contributed by atoms with Crippen molar-refractivity contribution < 1.29 is 23.5 Å². The normalized spacial score (nSPS) is 17.2. The van der Waals surface area contributed by atoms with Crippen molar-refractivity contribution in [3.63, 3.8) is 0 Å². The molecule has 3 rings (SSSR count). The van der Waals surface area contributed by atoms with E-state index in [1.54, 1.807) is 0 Å². The molecule has 2 N–H and O–H groups in total. The summed E-state index contributed by atoms with van der Waals surface area (Å²) in [7, 11) is 0. The number of carboxylic acids is 1. The number of hydrogen-bond acceptors (Lipinski definition) is 3. The molecule has 6 nitrogen and oxygen atoms in total. The summed E-state index contributed by atoms with van der Waals surface area (Å²) in [4.78, 5) is 31.7. The lowest BCUT2D eigenvalue weighted by Crippen LogP contribution is -2.49. The van der Waals surface area contributed by atoms with Crippen LogP contribution in [-0.2, 0) is 17.8 Å². The van der Waals surface area contributed by atoms with E-state index >= 15 is 0 Å². The molecule has 0 saturated heterocycles. The molecule has 1 atom stereocenters. The second-order valence-electron chi connectivity index (χ2n) is 4.94. The number of nitrogens with one attached hydrogen (secondary N) is 1. The predicted molar refractivity (Wildman–Crippen MR) is 69.9 cm³/mol. The molecule has 8 heteroatoms. The number of carbonyl (C=O) groups is 2. The number of hydrogen-bond donors (Lipinski definition) is 2. The number of aliphatic carboxylic acids is 1. The number of carbonyl (C=O) groups excluding carboxylic acids is 1. The number of benzene rings is 1. The maximum absolute atomic E-state index is 13.8. The highest BCUT2D eigenvalue weighted by atomic mass is 19.1. The van der Waals surface area contributed by atoms with Gasteiger partial charge < -0.3 is 15.0 Å². The average molecular weight is 307 g/mol. The molecule has 1 aromatic heterocycles. The van der Waals surface area contributed by atoms with Gasteiger partial charge in [0, 0.05) is 12.5 Å². The molecule has 1 aliphatic rings. The third kappa shape index (κ3) is 2.32. The summed E-state index contributed by atoms with van der Waals surface area (Å²) in [6.07, 6.45) is 1.44. The topological polar surface area (TPSA) is 86.3 Å². The fourth-order valence-electron chi connectivity index (χ4n) is 2.49. The predicted octanol–water partition coefficient (Wildman–Crippen LogP) is 1.34. The van der Waals surface area contributed by atoms with E-state index < -0.39 is 29.6 Å². The summed E-state index contributed by atoms with van der Waals surface area (Å²) < 4.78 is 26.7. The molecule has 2 heterocycles. The Morgan fingerprint density at radius 3 is 2.82 bits per heavy atom. The lowest BCUT2D eigenvalue weighted by Gasteiger charge is -2.32. The Balaban J connectivity index is 1.97. The molecule has 0 radical (unpaired) electrons. The minimum absolute atomic E-state index is 0.0258. The van der Waals surface area contributed by atoms with E-state index in [1.165, 1.54) is 6.33 Å². The third-order valence-corrected chi connectivity index (χ3v) is 3.61. The van der Waals surface area contributed by atoms with Crippen LogP contribution in [-0.4, -0.2) is 37.9 Å². The molecule has 1 aliphatic heterocycles. The fourth-order valence-corrected chi connectivity index (χ4v) is 2.49. The van der Waals surface area contributed by atoms with Crippen molar-refractivity contribution in [1.82, 2.24) is 14.9 Å². The summed E-state index contributed by atoms with van der Waals surface area (Å²) in [5.41, 5.74) is 0.806. The number of imidazole rings is 1. The van der Waals surface area contributed by atoms with Crippen molar-refractivity contribution in [1.29, 1.82) is 0 Å². The van der Waals surface area contributed by atoms with E-state index in [9.17, 15) is 23.5 Å². The van der Waals surface area contributed by atoms with Gasteiger partial charge >= 0.3 is 5.97 Å². The number of rotatable bonds is 2. The molecule has 1 amide bonds. The van der Waals surface area contributed by atoms with Crippen molar-refractivity contribution in [2.75, 3.05) is 0 Å². The molecule has 1 unspecified atom stereocenters. The maximum Gasteiger partial charge on any atom is 0.326 e. The number of nitrogens with zero attached hydrogens (tertiary/aromatic N) is 2. The molecule has 114 valence electrons. The van der Waals surface area contributed by atoms with E-state index in [-0.39, 0.29) is 18.5 Å². The van der Waals surface area contributed by atoms with Crippen molar-refractivity contribution >= 4 is 11.9 Å². The van der Waals surface area contributed by atoms with Crippen LogP contribution in [0.15, 0.2) is 24.5 Å². The summed E-state index contributed by atoms with van der Waals surface area (Å²) >= 11 is 0. The van der Waals surface area contributed by atoms with Crippen LogP contribution in [0.2, 0.25) is 0 Å². The van der Waals surface area contributed by atoms with Gasteiger partial charge in [-0.15, -0.1) is 0 Å². The smallest absolute Gasteiger partial charge is 0.326 e. The number of amides is 1.